The number of ether oxygens (including phenoxy) is 1. The van der Waals surface area contributed by atoms with Crippen LogP contribution in [-0.2, 0) is 9.53 Å². The van der Waals surface area contributed by atoms with Crippen LogP contribution in [0.15, 0.2) is 12.2 Å². The van der Waals surface area contributed by atoms with E-state index in [0.717, 1.165) is 6.42 Å². The molecule has 1 aliphatic rings. The number of hydrogen-bond donors (Lipinski definition) is 0. The maximum Gasteiger partial charge on any atom is 0.331 e. The Kier molecular flexibility index (Phi) is 6.14. The highest BCUT2D eigenvalue weighted by atomic mass is 16.5. The Morgan fingerprint density at radius 2 is 1.80 bits per heavy atom. The Labute approximate surface area is 92.7 Å². The van der Waals surface area contributed by atoms with E-state index >= 15 is 0 Å². The van der Waals surface area contributed by atoms with E-state index in [1.807, 2.05) is 6.08 Å². The molecule has 0 fully saturated rings. The van der Waals surface area contributed by atoms with Crippen LogP contribution in [0.5, 0.6) is 0 Å². The summed E-state index contributed by atoms with van der Waals surface area (Å²) in [7, 11) is 0. The number of rotatable bonds is 8. The van der Waals surface area contributed by atoms with Crippen LogP contribution < -0.4 is 0 Å². The summed E-state index contributed by atoms with van der Waals surface area (Å²) in [5, 5.41) is 0. The SMILES string of the molecule is CCCCCCCCC[C@H]1C=CC(=O)O1. The molecular formula is C13H22O2. The molecule has 1 heterocycles. The standard InChI is InChI=1S/C13H22O2/c1-2-3-4-5-6-7-8-9-12-10-11-13(14)15-12/h10-12H,2-9H2,1H3/t12-/m0/s1. The van der Waals surface area contributed by atoms with Gasteiger partial charge in [-0.3, -0.25) is 0 Å². The van der Waals surface area contributed by atoms with Gasteiger partial charge < -0.3 is 4.74 Å². The molecule has 1 atom stereocenters. The zero-order valence-corrected chi connectivity index (χ0v) is 9.71. The minimum absolute atomic E-state index is 0.0631. The number of carbonyl (C=O) groups is 1. The molecule has 0 spiro atoms. The molecule has 1 rings (SSSR count). The molecule has 0 unspecified atom stereocenters. The van der Waals surface area contributed by atoms with E-state index in [2.05, 4.69) is 6.92 Å². The second-order valence-electron chi connectivity index (χ2n) is 4.24. The third-order valence-corrected chi connectivity index (χ3v) is 2.81. The van der Waals surface area contributed by atoms with Gasteiger partial charge in [0.05, 0.1) is 0 Å². The summed E-state index contributed by atoms with van der Waals surface area (Å²) < 4.78 is 5.06. The van der Waals surface area contributed by atoms with Gasteiger partial charge in [0.15, 0.2) is 0 Å². The van der Waals surface area contributed by atoms with E-state index in [4.69, 9.17) is 4.74 Å². The van der Waals surface area contributed by atoms with Crippen LogP contribution in [0.25, 0.3) is 0 Å². The molecular weight excluding hydrogens is 188 g/mol. The van der Waals surface area contributed by atoms with Crippen LogP contribution in [0.1, 0.15) is 58.3 Å². The monoisotopic (exact) mass is 210 g/mol. The average Bonchev–Trinajstić information content (AvgIpc) is 2.63. The first-order valence-corrected chi connectivity index (χ1v) is 6.21. The lowest BCUT2D eigenvalue weighted by Gasteiger charge is -2.07. The molecule has 2 heteroatoms. The lowest BCUT2D eigenvalue weighted by atomic mass is 10.1. The predicted octanol–water partition coefficient (Wildman–Crippen LogP) is 3.61. The quantitative estimate of drug-likeness (QED) is 0.452. The molecule has 1 aliphatic heterocycles. The first-order chi connectivity index (χ1) is 7.33. The molecule has 0 bridgehead atoms. The largest absolute Gasteiger partial charge is 0.455 e. The van der Waals surface area contributed by atoms with E-state index in [-0.39, 0.29) is 12.1 Å². The molecule has 0 aromatic carbocycles. The minimum Gasteiger partial charge on any atom is -0.455 e. The minimum atomic E-state index is -0.178. The second-order valence-corrected chi connectivity index (χ2v) is 4.24. The average molecular weight is 210 g/mol. The summed E-state index contributed by atoms with van der Waals surface area (Å²) in [5.41, 5.74) is 0. The zero-order chi connectivity index (χ0) is 10.9. The van der Waals surface area contributed by atoms with Gasteiger partial charge >= 0.3 is 5.97 Å². The van der Waals surface area contributed by atoms with Gasteiger partial charge in [0.25, 0.3) is 0 Å². The summed E-state index contributed by atoms with van der Waals surface area (Å²) in [5.74, 6) is -0.178. The Hall–Kier alpha value is -0.790. The predicted molar refractivity (Wildman–Crippen MR) is 61.6 cm³/mol. The van der Waals surface area contributed by atoms with Crippen molar-refractivity contribution in [3.8, 4) is 0 Å². The zero-order valence-electron chi connectivity index (χ0n) is 9.71. The van der Waals surface area contributed by atoms with E-state index in [0.29, 0.717) is 0 Å². The van der Waals surface area contributed by atoms with Crippen LogP contribution in [-0.4, -0.2) is 12.1 Å². The smallest absolute Gasteiger partial charge is 0.331 e. The Bertz CT molecular complexity index is 209. The summed E-state index contributed by atoms with van der Waals surface area (Å²) >= 11 is 0. The van der Waals surface area contributed by atoms with E-state index < -0.39 is 0 Å². The molecule has 0 saturated heterocycles. The van der Waals surface area contributed by atoms with Gasteiger partial charge in [0.1, 0.15) is 6.10 Å². The number of esters is 1. The Balaban J connectivity index is 1.85. The fourth-order valence-corrected chi connectivity index (χ4v) is 1.87. The van der Waals surface area contributed by atoms with Crippen molar-refractivity contribution in [1.82, 2.24) is 0 Å². The van der Waals surface area contributed by atoms with Crippen molar-refractivity contribution in [2.45, 2.75) is 64.4 Å². The molecule has 0 aromatic rings. The summed E-state index contributed by atoms with van der Waals surface area (Å²) in [6, 6.07) is 0. The molecule has 0 amide bonds. The van der Waals surface area contributed by atoms with Gasteiger partial charge in [-0.05, 0) is 18.9 Å². The van der Waals surface area contributed by atoms with E-state index in [1.54, 1.807) is 0 Å². The highest BCUT2D eigenvalue weighted by Crippen LogP contribution is 2.14. The highest BCUT2D eigenvalue weighted by Gasteiger charge is 2.15. The highest BCUT2D eigenvalue weighted by molar-refractivity contribution is 5.84. The molecule has 0 aromatic heterocycles. The van der Waals surface area contributed by atoms with Gasteiger partial charge in [-0.1, -0.05) is 45.4 Å². The molecule has 0 N–H and O–H groups in total. The Morgan fingerprint density at radius 3 is 2.40 bits per heavy atom. The van der Waals surface area contributed by atoms with Crippen molar-refractivity contribution in [1.29, 1.82) is 0 Å². The Morgan fingerprint density at radius 1 is 1.13 bits per heavy atom. The number of cyclic esters (lactones) is 1. The molecule has 0 saturated carbocycles. The molecule has 0 aliphatic carbocycles. The molecule has 86 valence electrons. The van der Waals surface area contributed by atoms with Crippen LogP contribution in [0.2, 0.25) is 0 Å². The fraction of sp³-hybridized carbons (Fsp3) is 0.769. The normalized spacial score (nSPS) is 19.5. The van der Waals surface area contributed by atoms with Crippen LogP contribution in [0.3, 0.4) is 0 Å². The summed E-state index contributed by atoms with van der Waals surface area (Å²) in [6.45, 7) is 2.24. The van der Waals surface area contributed by atoms with E-state index in [9.17, 15) is 4.79 Å². The van der Waals surface area contributed by atoms with Gasteiger partial charge in [-0.15, -0.1) is 0 Å². The number of hydrogen-bond acceptors (Lipinski definition) is 2. The van der Waals surface area contributed by atoms with Crippen LogP contribution in [0, 0.1) is 0 Å². The van der Waals surface area contributed by atoms with Crippen molar-refractivity contribution >= 4 is 5.97 Å². The first-order valence-electron chi connectivity index (χ1n) is 6.21. The maximum absolute atomic E-state index is 10.8. The number of unbranched alkanes of at least 4 members (excludes halogenated alkanes) is 6. The van der Waals surface area contributed by atoms with Gasteiger partial charge in [-0.2, -0.15) is 0 Å². The second kappa shape index (κ2) is 7.49. The van der Waals surface area contributed by atoms with Crippen molar-refractivity contribution < 1.29 is 9.53 Å². The summed E-state index contributed by atoms with van der Waals surface area (Å²) in [4.78, 5) is 10.8. The maximum atomic E-state index is 10.8. The third-order valence-electron chi connectivity index (χ3n) is 2.81. The van der Waals surface area contributed by atoms with Crippen molar-refractivity contribution in [2.24, 2.45) is 0 Å². The van der Waals surface area contributed by atoms with Crippen molar-refractivity contribution in [2.75, 3.05) is 0 Å². The van der Waals surface area contributed by atoms with Crippen LogP contribution in [0.4, 0.5) is 0 Å². The summed E-state index contributed by atoms with van der Waals surface area (Å²) in [6.07, 6.45) is 13.6. The van der Waals surface area contributed by atoms with Gasteiger partial charge in [0, 0.05) is 6.08 Å². The fourth-order valence-electron chi connectivity index (χ4n) is 1.87. The molecule has 0 radical (unpaired) electrons. The van der Waals surface area contributed by atoms with Gasteiger partial charge in [-0.25, -0.2) is 4.79 Å². The van der Waals surface area contributed by atoms with Crippen molar-refractivity contribution in [3.05, 3.63) is 12.2 Å². The van der Waals surface area contributed by atoms with Crippen LogP contribution >= 0.6 is 0 Å². The molecule has 15 heavy (non-hydrogen) atoms. The lowest BCUT2D eigenvalue weighted by molar-refractivity contribution is -0.138. The lowest BCUT2D eigenvalue weighted by Crippen LogP contribution is -2.06. The van der Waals surface area contributed by atoms with Crippen molar-refractivity contribution in [3.63, 3.8) is 0 Å². The van der Waals surface area contributed by atoms with Gasteiger partial charge in [0.2, 0.25) is 0 Å². The third kappa shape index (κ3) is 5.60. The first kappa shape index (κ1) is 12.3. The number of carbonyl (C=O) groups excluding carboxylic acids is 1. The topological polar surface area (TPSA) is 26.3 Å². The molecule has 2 nitrogen and oxygen atoms in total. The van der Waals surface area contributed by atoms with E-state index in [1.165, 1.54) is 51.0 Å².